The molecule has 0 bridgehead atoms. The van der Waals surface area contributed by atoms with Crippen LogP contribution in [-0.4, -0.2) is 5.11 Å². The molecule has 0 radical (unpaired) electrons. The van der Waals surface area contributed by atoms with Gasteiger partial charge in [-0.3, -0.25) is 0 Å². The highest BCUT2D eigenvalue weighted by atomic mass is 16.4. The molecule has 0 aromatic carbocycles. The molecule has 66 valence electrons. The third-order valence-corrected chi connectivity index (χ3v) is 1.75. The lowest BCUT2D eigenvalue weighted by molar-refractivity contribution is 0.428. The first kappa shape index (κ1) is 8.84. The van der Waals surface area contributed by atoms with Crippen molar-refractivity contribution >= 4 is 0 Å². The standard InChI is InChI=1S/C9H12O3/c1-3-4-7-8(10)6(2)5-12-9(7)11/h5,10H,3-4H2,1-2H3. The molecule has 3 nitrogen and oxygen atoms in total. The Balaban J connectivity index is 3.23. The molecular weight excluding hydrogens is 156 g/mol. The van der Waals surface area contributed by atoms with Crippen molar-refractivity contribution in [2.24, 2.45) is 0 Å². The fourth-order valence-corrected chi connectivity index (χ4v) is 1.07. The highest BCUT2D eigenvalue weighted by Gasteiger charge is 2.08. The molecule has 0 saturated carbocycles. The molecule has 0 saturated heterocycles. The van der Waals surface area contributed by atoms with Gasteiger partial charge in [-0.25, -0.2) is 4.79 Å². The fourth-order valence-electron chi connectivity index (χ4n) is 1.07. The summed E-state index contributed by atoms with van der Waals surface area (Å²) in [6.45, 7) is 3.65. The van der Waals surface area contributed by atoms with Crippen LogP contribution in [0.1, 0.15) is 24.5 Å². The van der Waals surface area contributed by atoms with Crippen LogP contribution < -0.4 is 5.63 Å². The Labute approximate surface area is 70.7 Å². The monoisotopic (exact) mass is 168 g/mol. The SMILES string of the molecule is CCCc1c(O)c(C)coc1=O. The van der Waals surface area contributed by atoms with Gasteiger partial charge in [0.25, 0.3) is 0 Å². The van der Waals surface area contributed by atoms with E-state index in [9.17, 15) is 9.90 Å². The zero-order chi connectivity index (χ0) is 9.14. The summed E-state index contributed by atoms with van der Waals surface area (Å²) in [6.07, 6.45) is 2.66. The van der Waals surface area contributed by atoms with Gasteiger partial charge in [-0.05, 0) is 13.3 Å². The first-order valence-corrected chi connectivity index (χ1v) is 3.97. The molecule has 3 heteroatoms. The van der Waals surface area contributed by atoms with Gasteiger partial charge in [0.15, 0.2) is 0 Å². The lowest BCUT2D eigenvalue weighted by atomic mass is 10.1. The predicted molar refractivity (Wildman–Crippen MR) is 45.4 cm³/mol. The van der Waals surface area contributed by atoms with Crippen molar-refractivity contribution in [2.45, 2.75) is 26.7 Å². The van der Waals surface area contributed by atoms with Crippen molar-refractivity contribution in [1.29, 1.82) is 0 Å². The van der Waals surface area contributed by atoms with Gasteiger partial charge < -0.3 is 9.52 Å². The van der Waals surface area contributed by atoms with E-state index in [0.29, 0.717) is 17.5 Å². The van der Waals surface area contributed by atoms with Crippen molar-refractivity contribution in [2.75, 3.05) is 0 Å². The summed E-state index contributed by atoms with van der Waals surface area (Å²) >= 11 is 0. The molecule has 1 rings (SSSR count). The van der Waals surface area contributed by atoms with E-state index in [1.165, 1.54) is 6.26 Å². The number of hydrogen-bond donors (Lipinski definition) is 1. The first-order valence-electron chi connectivity index (χ1n) is 3.97. The third-order valence-electron chi connectivity index (χ3n) is 1.75. The lowest BCUT2D eigenvalue weighted by Gasteiger charge is -2.02. The van der Waals surface area contributed by atoms with Crippen LogP contribution in [0.2, 0.25) is 0 Å². The van der Waals surface area contributed by atoms with Crippen molar-refractivity contribution in [3.63, 3.8) is 0 Å². The largest absolute Gasteiger partial charge is 0.507 e. The molecule has 0 aliphatic heterocycles. The van der Waals surface area contributed by atoms with E-state index in [1.54, 1.807) is 6.92 Å². The molecule has 1 aromatic rings. The maximum absolute atomic E-state index is 11.1. The average Bonchev–Trinajstić information content (AvgIpc) is 2.06. The number of aromatic hydroxyl groups is 1. The zero-order valence-electron chi connectivity index (χ0n) is 7.26. The van der Waals surface area contributed by atoms with E-state index < -0.39 is 5.63 Å². The van der Waals surface area contributed by atoms with E-state index >= 15 is 0 Å². The molecule has 1 N–H and O–H groups in total. The summed E-state index contributed by atoms with van der Waals surface area (Å²) in [5.41, 5.74) is 0.565. The Kier molecular flexibility index (Phi) is 2.53. The van der Waals surface area contributed by atoms with Crippen LogP contribution in [0.15, 0.2) is 15.5 Å². The second-order valence-corrected chi connectivity index (χ2v) is 2.78. The minimum Gasteiger partial charge on any atom is -0.507 e. The average molecular weight is 168 g/mol. The summed E-state index contributed by atoms with van der Waals surface area (Å²) in [6, 6.07) is 0. The van der Waals surface area contributed by atoms with Gasteiger partial charge in [0.2, 0.25) is 0 Å². The van der Waals surface area contributed by atoms with Crippen molar-refractivity contribution in [3.8, 4) is 5.75 Å². The Bertz CT molecular complexity index is 325. The summed E-state index contributed by atoms with van der Waals surface area (Å²) in [7, 11) is 0. The van der Waals surface area contributed by atoms with E-state index in [-0.39, 0.29) is 5.75 Å². The highest BCUT2D eigenvalue weighted by Crippen LogP contribution is 2.18. The Hall–Kier alpha value is -1.25. The topological polar surface area (TPSA) is 50.4 Å². The van der Waals surface area contributed by atoms with E-state index in [1.807, 2.05) is 6.92 Å². The Morgan fingerprint density at radius 1 is 1.58 bits per heavy atom. The van der Waals surface area contributed by atoms with Crippen LogP contribution in [0.5, 0.6) is 5.75 Å². The molecule has 0 amide bonds. The maximum Gasteiger partial charge on any atom is 0.342 e. The quantitative estimate of drug-likeness (QED) is 0.729. The molecule has 0 spiro atoms. The normalized spacial score (nSPS) is 10.2. The second-order valence-electron chi connectivity index (χ2n) is 2.78. The fraction of sp³-hybridized carbons (Fsp3) is 0.444. The molecule has 1 heterocycles. The summed E-state index contributed by atoms with van der Waals surface area (Å²) < 4.78 is 4.71. The number of hydrogen-bond acceptors (Lipinski definition) is 3. The molecular formula is C9H12O3. The number of aryl methyl sites for hydroxylation is 1. The molecule has 1 aromatic heterocycles. The van der Waals surface area contributed by atoms with Gasteiger partial charge >= 0.3 is 5.63 Å². The van der Waals surface area contributed by atoms with Crippen LogP contribution in [0.25, 0.3) is 0 Å². The molecule has 0 unspecified atom stereocenters. The summed E-state index contributed by atoms with van der Waals surface area (Å²) in [5.74, 6) is 0.0769. The minimum absolute atomic E-state index is 0.0769. The van der Waals surface area contributed by atoms with Crippen LogP contribution in [0, 0.1) is 6.92 Å². The van der Waals surface area contributed by atoms with E-state index in [4.69, 9.17) is 4.42 Å². The van der Waals surface area contributed by atoms with Gasteiger partial charge in [0.1, 0.15) is 12.0 Å². The maximum atomic E-state index is 11.1. The Morgan fingerprint density at radius 2 is 2.25 bits per heavy atom. The zero-order valence-corrected chi connectivity index (χ0v) is 7.26. The predicted octanol–water partition coefficient (Wildman–Crippen LogP) is 1.61. The van der Waals surface area contributed by atoms with Crippen LogP contribution in [0.3, 0.4) is 0 Å². The molecule has 0 aliphatic rings. The van der Waals surface area contributed by atoms with Crippen molar-refractivity contribution < 1.29 is 9.52 Å². The summed E-state index contributed by atoms with van der Waals surface area (Å²) in [5, 5.41) is 9.45. The van der Waals surface area contributed by atoms with Gasteiger partial charge in [0.05, 0.1) is 5.56 Å². The second kappa shape index (κ2) is 3.43. The van der Waals surface area contributed by atoms with Gasteiger partial charge in [-0.15, -0.1) is 0 Å². The lowest BCUT2D eigenvalue weighted by Crippen LogP contribution is -2.07. The van der Waals surface area contributed by atoms with Gasteiger partial charge in [-0.2, -0.15) is 0 Å². The van der Waals surface area contributed by atoms with E-state index in [2.05, 4.69) is 0 Å². The van der Waals surface area contributed by atoms with E-state index in [0.717, 1.165) is 6.42 Å². The van der Waals surface area contributed by atoms with Crippen LogP contribution in [0.4, 0.5) is 0 Å². The van der Waals surface area contributed by atoms with Crippen LogP contribution in [-0.2, 0) is 6.42 Å². The third kappa shape index (κ3) is 1.49. The molecule has 0 atom stereocenters. The highest BCUT2D eigenvalue weighted by molar-refractivity contribution is 5.34. The van der Waals surface area contributed by atoms with Crippen molar-refractivity contribution in [3.05, 3.63) is 27.8 Å². The van der Waals surface area contributed by atoms with Gasteiger partial charge in [0, 0.05) is 5.56 Å². The number of rotatable bonds is 2. The molecule has 12 heavy (non-hydrogen) atoms. The smallest absolute Gasteiger partial charge is 0.342 e. The first-order chi connectivity index (χ1) is 5.66. The minimum atomic E-state index is -0.431. The molecule has 0 fully saturated rings. The molecule has 0 aliphatic carbocycles. The van der Waals surface area contributed by atoms with Gasteiger partial charge in [-0.1, -0.05) is 13.3 Å². The summed E-state index contributed by atoms with van der Waals surface area (Å²) in [4.78, 5) is 11.1. The van der Waals surface area contributed by atoms with Crippen molar-refractivity contribution in [1.82, 2.24) is 0 Å². The Morgan fingerprint density at radius 3 is 2.83 bits per heavy atom. The van der Waals surface area contributed by atoms with Crippen LogP contribution >= 0.6 is 0 Å².